The van der Waals surface area contributed by atoms with Crippen LogP contribution in [0.1, 0.15) is 31.9 Å². The van der Waals surface area contributed by atoms with Gasteiger partial charge in [0.15, 0.2) is 0 Å². The molecule has 0 amide bonds. The Kier molecular flexibility index (Phi) is 8.27. The molecule has 10 heteroatoms. The van der Waals surface area contributed by atoms with E-state index in [1.807, 2.05) is 20.8 Å². The highest BCUT2D eigenvalue weighted by molar-refractivity contribution is 7.97. The van der Waals surface area contributed by atoms with Gasteiger partial charge in [-0.1, -0.05) is 58.3 Å². The molecule has 1 N–H and O–H groups in total. The second-order valence-corrected chi connectivity index (χ2v) is 11.3. The lowest BCUT2D eigenvalue weighted by molar-refractivity contribution is -0.974. The molecule has 0 aliphatic carbocycles. The van der Waals surface area contributed by atoms with E-state index in [0.29, 0.717) is 34.4 Å². The number of halogens is 3. The van der Waals surface area contributed by atoms with Crippen LogP contribution in [0.4, 0.5) is 13.2 Å². The van der Waals surface area contributed by atoms with Crippen LogP contribution in [-0.4, -0.2) is 42.3 Å². The van der Waals surface area contributed by atoms with Crippen LogP contribution >= 0.6 is 8.07 Å². The third kappa shape index (κ3) is 5.29. The van der Waals surface area contributed by atoms with Gasteiger partial charge < -0.3 is 0 Å². The predicted octanol–water partition coefficient (Wildman–Crippen LogP) is 4.10. The van der Waals surface area contributed by atoms with Gasteiger partial charge in [-0.3, -0.25) is 0 Å². The molecule has 2 aromatic carbocycles. The van der Waals surface area contributed by atoms with E-state index in [-0.39, 0.29) is 4.59 Å². The van der Waals surface area contributed by atoms with Crippen molar-refractivity contribution in [3.8, 4) is 0 Å². The predicted molar refractivity (Wildman–Crippen MR) is 120 cm³/mol. The number of hydrazine groups is 1. The molecule has 0 saturated heterocycles. The topological polar surface area (TPSA) is 49.4 Å². The molecule has 0 saturated carbocycles. The van der Waals surface area contributed by atoms with Crippen LogP contribution in [-0.2, 0) is 10.0 Å². The molecule has 2 aromatic rings. The highest BCUT2D eigenvalue weighted by atomic mass is 32.2. The van der Waals surface area contributed by atoms with E-state index in [1.165, 1.54) is 0 Å². The largest absolute Gasteiger partial charge is 0.513 e. The van der Waals surface area contributed by atoms with Crippen molar-refractivity contribution in [2.24, 2.45) is 0 Å². The molecule has 172 valence electrons. The van der Waals surface area contributed by atoms with Gasteiger partial charge in [-0.05, 0) is 45.7 Å². The van der Waals surface area contributed by atoms with Gasteiger partial charge in [0.2, 0.25) is 0 Å². The highest BCUT2D eigenvalue weighted by Gasteiger charge is 2.55. The summed E-state index contributed by atoms with van der Waals surface area (Å²) in [4.78, 5) is 0. The molecule has 0 spiro atoms. The van der Waals surface area contributed by atoms with Crippen LogP contribution in [0.3, 0.4) is 0 Å². The van der Waals surface area contributed by atoms with Crippen molar-refractivity contribution in [2.45, 2.75) is 40.1 Å². The molecule has 0 atom stereocenters. The summed E-state index contributed by atoms with van der Waals surface area (Å²) in [6.07, 6.45) is 0. The number of hydrogen-bond acceptors (Lipinski definition) is 3. The van der Waals surface area contributed by atoms with Crippen LogP contribution in [0.2, 0.25) is 0 Å². The number of rotatable bonds is 9. The summed E-state index contributed by atoms with van der Waals surface area (Å²) in [7, 11) is -7.79. The molecule has 0 radical (unpaired) electrons. The van der Waals surface area contributed by atoms with E-state index in [0.717, 1.165) is 11.1 Å². The summed E-state index contributed by atoms with van der Waals surface area (Å²) in [6.45, 7) is 10.3. The van der Waals surface area contributed by atoms with E-state index < -0.39 is 23.6 Å². The number of nitrogens with zero attached hydrogens (tertiary/aromatic N) is 2. The van der Waals surface area contributed by atoms with E-state index in [9.17, 15) is 21.6 Å². The van der Waals surface area contributed by atoms with Gasteiger partial charge in [-0.25, -0.2) is 13.0 Å². The standard InChI is InChI=1S/C21H30F3N3O2PS/c1-6-27(7-2,8-3)25-26(31(28,29)21(22,23)24)30(19-15-11-9-13-17(19)4)20-16-12-10-14-18(20)5/h9-16,25H,6-8H2,1-5H3/q+1. The Bertz CT molecular complexity index is 942. The molecular weight excluding hydrogens is 446 g/mol. The Morgan fingerprint density at radius 2 is 1.26 bits per heavy atom. The van der Waals surface area contributed by atoms with Crippen LogP contribution in [0, 0.1) is 13.8 Å². The van der Waals surface area contributed by atoms with Crippen LogP contribution in [0.15, 0.2) is 48.5 Å². The molecule has 31 heavy (non-hydrogen) atoms. The zero-order chi connectivity index (χ0) is 23.4. The Hall–Kier alpha value is -1.51. The Labute approximate surface area is 184 Å². The summed E-state index contributed by atoms with van der Waals surface area (Å²) >= 11 is 0. The zero-order valence-electron chi connectivity index (χ0n) is 18.4. The summed E-state index contributed by atoms with van der Waals surface area (Å²) in [6, 6.07) is 14.0. The van der Waals surface area contributed by atoms with E-state index in [4.69, 9.17) is 0 Å². The van der Waals surface area contributed by atoms with Gasteiger partial charge in [-0.2, -0.15) is 13.2 Å². The van der Waals surface area contributed by atoms with E-state index in [1.54, 1.807) is 62.4 Å². The lowest BCUT2D eigenvalue weighted by Crippen LogP contribution is -2.65. The first kappa shape index (κ1) is 25.7. The average molecular weight is 477 g/mol. The van der Waals surface area contributed by atoms with Gasteiger partial charge >= 0.3 is 15.5 Å². The first-order chi connectivity index (χ1) is 14.4. The minimum Gasteiger partial charge on any atom is -0.231 e. The third-order valence-corrected chi connectivity index (χ3v) is 10.1. The number of benzene rings is 2. The van der Waals surface area contributed by atoms with Gasteiger partial charge in [0.05, 0.1) is 27.7 Å². The maximum absolute atomic E-state index is 13.9. The smallest absolute Gasteiger partial charge is 0.231 e. The Morgan fingerprint density at radius 1 is 0.871 bits per heavy atom. The first-order valence-corrected chi connectivity index (χ1v) is 12.8. The fourth-order valence-corrected chi connectivity index (χ4v) is 7.64. The number of alkyl halides is 3. The fraction of sp³-hybridized carbons (Fsp3) is 0.429. The quantitative estimate of drug-likeness (QED) is 0.337. The minimum absolute atomic E-state index is 0.00803. The second kappa shape index (κ2) is 9.96. The number of quaternary nitrogens is 1. The van der Waals surface area contributed by atoms with Crippen molar-refractivity contribution >= 4 is 28.7 Å². The Morgan fingerprint density at radius 3 is 1.58 bits per heavy atom. The first-order valence-electron chi connectivity index (χ1n) is 10.1. The van der Waals surface area contributed by atoms with E-state index >= 15 is 0 Å². The number of aryl methyl sites for hydroxylation is 2. The van der Waals surface area contributed by atoms with E-state index in [2.05, 4.69) is 5.53 Å². The summed E-state index contributed by atoms with van der Waals surface area (Å²) in [5.74, 6) is 0. The Balaban J connectivity index is 2.87. The van der Waals surface area contributed by atoms with Gasteiger partial charge in [0, 0.05) is 10.6 Å². The monoisotopic (exact) mass is 476 g/mol. The van der Waals surface area contributed by atoms with Crippen LogP contribution in [0.25, 0.3) is 0 Å². The maximum Gasteiger partial charge on any atom is 0.513 e. The maximum atomic E-state index is 13.9. The molecule has 0 aromatic heterocycles. The lowest BCUT2D eigenvalue weighted by atomic mass is 10.2. The number of sulfonamides is 1. The summed E-state index contributed by atoms with van der Waals surface area (Å²) in [5.41, 5.74) is -1.19. The van der Waals surface area contributed by atoms with Crippen molar-refractivity contribution in [3.63, 3.8) is 0 Å². The molecule has 0 aliphatic heterocycles. The van der Waals surface area contributed by atoms with Crippen molar-refractivity contribution in [2.75, 3.05) is 19.6 Å². The fourth-order valence-electron chi connectivity index (χ4n) is 3.30. The normalized spacial score (nSPS) is 13.2. The molecule has 0 bridgehead atoms. The minimum atomic E-state index is -5.70. The van der Waals surface area contributed by atoms with Crippen LogP contribution in [0.5, 0.6) is 0 Å². The molecule has 2 rings (SSSR count). The average Bonchev–Trinajstić information content (AvgIpc) is 2.72. The van der Waals surface area contributed by atoms with Gasteiger partial charge in [0.1, 0.15) is 0 Å². The molecular formula is C21H30F3N3O2PS+. The number of hydrogen-bond donors (Lipinski definition) is 1. The summed E-state index contributed by atoms with van der Waals surface area (Å²) < 4.78 is 68.0. The van der Waals surface area contributed by atoms with Crippen molar-refractivity contribution < 1.29 is 26.2 Å². The van der Waals surface area contributed by atoms with Gasteiger partial charge in [0.25, 0.3) is 0 Å². The van der Waals surface area contributed by atoms with Gasteiger partial charge in [-0.15, -0.1) is 0 Å². The lowest BCUT2D eigenvalue weighted by Gasteiger charge is -2.42. The van der Waals surface area contributed by atoms with Crippen molar-refractivity contribution in [1.29, 1.82) is 0 Å². The molecule has 0 aliphatic rings. The SMILES string of the molecule is CC[N+](CC)(CC)NN(P(c1ccccc1C)c1ccccc1C)S(=O)(=O)C(F)(F)F. The number of nitrogens with one attached hydrogen (secondary N) is 1. The highest BCUT2D eigenvalue weighted by Crippen LogP contribution is 2.45. The molecule has 0 fully saturated rings. The second-order valence-electron chi connectivity index (χ2n) is 7.27. The van der Waals surface area contributed by atoms with Crippen molar-refractivity contribution in [1.82, 2.24) is 9.72 Å². The third-order valence-electron chi connectivity index (χ3n) is 5.50. The van der Waals surface area contributed by atoms with Crippen molar-refractivity contribution in [3.05, 3.63) is 59.7 Å². The van der Waals surface area contributed by atoms with Crippen LogP contribution < -0.4 is 16.1 Å². The zero-order valence-corrected chi connectivity index (χ0v) is 20.2. The molecule has 0 unspecified atom stereocenters. The molecule has 0 heterocycles. The summed E-state index contributed by atoms with van der Waals surface area (Å²) in [5, 5.41) is 1.10. The molecule has 5 nitrogen and oxygen atoms in total.